The number of hydrogen-bond donors (Lipinski definition) is 1. The van der Waals surface area contributed by atoms with E-state index in [1.54, 1.807) is 19.1 Å². The average Bonchev–Trinajstić information content (AvgIpc) is 2.89. The Morgan fingerprint density at radius 1 is 1.29 bits per heavy atom. The standard InChI is InChI=1S/C18H26N4O2/c1-14-12-15(2)22(20-14)11-5-10-19-18(23)21(3)13-16-6-8-17(24-4)9-7-16/h6-9,12H,5,10-11,13H2,1-4H3,(H,19,23). The molecule has 0 spiro atoms. The van der Waals surface area contributed by atoms with Crippen LogP contribution in [0.3, 0.4) is 0 Å². The minimum absolute atomic E-state index is 0.0702. The van der Waals surface area contributed by atoms with Crippen molar-refractivity contribution in [3.05, 3.63) is 47.3 Å². The number of rotatable bonds is 7. The minimum atomic E-state index is -0.0702. The van der Waals surface area contributed by atoms with Gasteiger partial charge in [0.15, 0.2) is 0 Å². The Hall–Kier alpha value is -2.50. The Morgan fingerprint density at radius 3 is 2.58 bits per heavy atom. The van der Waals surface area contributed by atoms with Crippen LogP contribution in [0, 0.1) is 13.8 Å². The van der Waals surface area contributed by atoms with Crippen LogP contribution in [0.5, 0.6) is 5.75 Å². The second-order valence-corrected chi connectivity index (χ2v) is 5.94. The van der Waals surface area contributed by atoms with Crippen LogP contribution in [0.4, 0.5) is 4.79 Å². The smallest absolute Gasteiger partial charge is 0.317 e. The van der Waals surface area contributed by atoms with Crippen molar-refractivity contribution in [2.75, 3.05) is 20.7 Å². The SMILES string of the molecule is COc1ccc(CN(C)C(=O)NCCCn2nc(C)cc2C)cc1. The summed E-state index contributed by atoms with van der Waals surface area (Å²) >= 11 is 0. The van der Waals surface area contributed by atoms with Gasteiger partial charge in [-0.05, 0) is 44.0 Å². The first kappa shape index (κ1) is 17.8. The van der Waals surface area contributed by atoms with Crippen LogP contribution in [-0.4, -0.2) is 41.4 Å². The predicted octanol–water partition coefficient (Wildman–Crippen LogP) is 2.74. The molecule has 130 valence electrons. The van der Waals surface area contributed by atoms with Gasteiger partial charge in [0.1, 0.15) is 5.75 Å². The van der Waals surface area contributed by atoms with Gasteiger partial charge in [-0.2, -0.15) is 5.10 Å². The zero-order valence-electron chi connectivity index (χ0n) is 14.9. The normalized spacial score (nSPS) is 10.5. The molecule has 0 saturated carbocycles. The molecule has 0 bridgehead atoms. The Labute approximate surface area is 143 Å². The number of ether oxygens (including phenoxy) is 1. The summed E-state index contributed by atoms with van der Waals surface area (Å²) < 4.78 is 7.11. The number of nitrogens with zero attached hydrogens (tertiary/aromatic N) is 3. The van der Waals surface area contributed by atoms with Crippen molar-refractivity contribution in [1.82, 2.24) is 20.0 Å². The molecule has 1 heterocycles. The van der Waals surface area contributed by atoms with Crippen LogP contribution in [0.1, 0.15) is 23.4 Å². The van der Waals surface area contributed by atoms with Crippen LogP contribution >= 0.6 is 0 Å². The summed E-state index contributed by atoms with van der Waals surface area (Å²) in [6.07, 6.45) is 0.851. The molecule has 6 nitrogen and oxygen atoms in total. The van der Waals surface area contributed by atoms with Gasteiger partial charge in [0.05, 0.1) is 12.8 Å². The van der Waals surface area contributed by atoms with Gasteiger partial charge in [-0.3, -0.25) is 4.68 Å². The highest BCUT2D eigenvalue weighted by Crippen LogP contribution is 2.12. The van der Waals surface area contributed by atoms with E-state index in [-0.39, 0.29) is 6.03 Å². The van der Waals surface area contributed by atoms with Crippen LogP contribution < -0.4 is 10.1 Å². The van der Waals surface area contributed by atoms with E-state index >= 15 is 0 Å². The lowest BCUT2D eigenvalue weighted by Crippen LogP contribution is -2.37. The molecule has 0 aliphatic rings. The molecule has 2 amide bonds. The fourth-order valence-corrected chi connectivity index (χ4v) is 2.54. The summed E-state index contributed by atoms with van der Waals surface area (Å²) in [5, 5.41) is 7.36. The van der Waals surface area contributed by atoms with Crippen molar-refractivity contribution in [2.45, 2.75) is 33.4 Å². The zero-order chi connectivity index (χ0) is 17.5. The third-order valence-corrected chi connectivity index (χ3v) is 3.85. The molecule has 1 aromatic heterocycles. The molecule has 24 heavy (non-hydrogen) atoms. The highest BCUT2D eigenvalue weighted by Gasteiger charge is 2.08. The van der Waals surface area contributed by atoms with Crippen molar-refractivity contribution in [3.8, 4) is 5.75 Å². The number of benzene rings is 1. The number of aromatic nitrogens is 2. The summed E-state index contributed by atoms with van der Waals surface area (Å²) in [4.78, 5) is 13.8. The van der Waals surface area contributed by atoms with Crippen molar-refractivity contribution in [2.24, 2.45) is 0 Å². The van der Waals surface area contributed by atoms with Gasteiger partial charge in [0.2, 0.25) is 0 Å². The van der Waals surface area contributed by atoms with Crippen molar-refractivity contribution in [3.63, 3.8) is 0 Å². The lowest BCUT2D eigenvalue weighted by molar-refractivity contribution is 0.206. The molecule has 2 rings (SSSR count). The van der Waals surface area contributed by atoms with Gasteiger partial charge < -0.3 is 15.0 Å². The average molecular weight is 330 g/mol. The van der Waals surface area contributed by atoms with Crippen LogP contribution in [0.25, 0.3) is 0 Å². The molecule has 0 unspecified atom stereocenters. The number of amides is 2. The maximum atomic E-state index is 12.1. The van der Waals surface area contributed by atoms with E-state index in [2.05, 4.69) is 16.5 Å². The molecule has 0 aliphatic carbocycles. The highest BCUT2D eigenvalue weighted by molar-refractivity contribution is 5.73. The number of nitrogens with one attached hydrogen (secondary N) is 1. The van der Waals surface area contributed by atoms with Crippen LogP contribution in [0.15, 0.2) is 30.3 Å². The topological polar surface area (TPSA) is 59.4 Å². The molecule has 0 saturated heterocycles. The van der Waals surface area contributed by atoms with Gasteiger partial charge in [0, 0.05) is 32.4 Å². The van der Waals surface area contributed by atoms with E-state index in [1.807, 2.05) is 42.8 Å². The Balaban J connectivity index is 1.72. The minimum Gasteiger partial charge on any atom is -0.497 e. The maximum Gasteiger partial charge on any atom is 0.317 e. The molecule has 0 radical (unpaired) electrons. The van der Waals surface area contributed by atoms with Gasteiger partial charge in [-0.25, -0.2) is 4.79 Å². The predicted molar refractivity (Wildman–Crippen MR) is 94.2 cm³/mol. The molecule has 2 aromatic rings. The fraction of sp³-hybridized carbons (Fsp3) is 0.444. The van der Waals surface area contributed by atoms with Gasteiger partial charge in [-0.1, -0.05) is 12.1 Å². The molecule has 0 aliphatic heterocycles. The Bertz CT molecular complexity index is 664. The number of hydrogen-bond acceptors (Lipinski definition) is 3. The van der Waals surface area contributed by atoms with E-state index in [9.17, 15) is 4.79 Å². The summed E-state index contributed by atoms with van der Waals surface area (Å²) in [7, 11) is 3.43. The largest absolute Gasteiger partial charge is 0.497 e. The van der Waals surface area contributed by atoms with Crippen LogP contribution in [0.2, 0.25) is 0 Å². The second-order valence-electron chi connectivity index (χ2n) is 5.94. The number of methoxy groups -OCH3 is 1. The highest BCUT2D eigenvalue weighted by atomic mass is 16.5. The van der Waals surface area contributed by atoms with E-state index in [4.69, 9.17) is 4.74 Å². The zero-order valence-corrected chi connectivity index (χ0v) is 14.9. The quantitative estimate of drug-likeness (QED) is 0.794. The molecular formula is C18H26N4O2. The van der Waals surface area contributed by atoms with Crippen LogP contribution in [-0.2, 0) is 13.1 Å². The molecular weight excluding hydrogens is 304 g/mol. The monoisotopic (exact) mass is 330 g/mol. The number of urea groups is 1. The molecule has 6 heteroatoms. The summed E-state index contributed by atoms with van der Waals surface area (Å²) in [6.45, 7) is 6.03. The van der Waals surface area contributed by atoms with Gasteiger partial charge in [0.25, 0.3) is 0 Å². The second kappa shape index (κ2) is 8.38. The number of carbonyl (C=O) groups is 1. The molecule has 1 N–H and O–H groups in total. The molecule has 0 atom stereocenters. The summed E-state index contributed by atoms with van der Waals surface area (Å²) in [5.41, 5.74) is 3.24. The van der Waals surface area contributed by atoms with Crippen molar-refractivity contribution >= 4 is 6.03 Å². The maximum absolute atomic E-state index is 12.1. The third kappa shape index (κ3) is 5.01. The fourth-order valence-electron chi connectivity index (χ4n) is 2.54. The first-order valence-electron chi connectivity index (χ1n) is 8.12. The number of aryl methyl sites for hydroxylation is 3. The van der Waals surface area contributed by atoms with E-state index in [0.29, 0.717) is 13.1 Å². The Kier molecular flexibility index (Phi) is 6.23. The van der Waals surface area contributed by atoms with Crippen molar-refractivity contribution in [1.29, 1.82) is 0 Å². The summed E-state index contributed by atoms with van der Waals surface area (Å²) in [6, 6.07) is 9.71. The van der Waals surface area contributed by atoms with E-state index in [0.717, 1.165) is 35.7 Å². The van der Waals surface area contributed by atoms with Gasteiger partial charge in [-0.15, -0.1) is 0 Å². The third-order valence-electron chi connectivity index (χ3n) is 3.85. The molecule has 0 fully saturated rings. The molecule has 1 aromatic carbocycles. The Morgan fingerprint density at radius 2 is 2.00 bits per heavy atom. The first-order valence-corrected chi connectivity index (χ1v) is 8.12. The van der Waals surface area contributed by atoms with Crippen molar-refractivity contribution < 1.29 is 9.53 Å². The summed E-state index contributed by atoms with van der Waals surface area (Å²) in [5.74, 6) is 0.815. The lowest BCUT2D eigenvalue weighted by Gasteiger charge is -2.18. The van der Waals surface area contributed by atoms with Gasteiger partial charge >= 0.3 is 6.03 Å². The first-order chi connectivity index (χ1) is 11.5. The van der Waals surface area contributed by atoms with E-state index in [1.165, 1.54) is 0 Å². The van der Waals surface area contributed by atoms with E-state index < -0.39 is 0 Å². The number of carbonyl (C=O) groups excluding carboxylic acids is 1. The lowest BCUT2D eigenvalue weighted by atomic mass is 10.2.